The van der Waals surface area contributed by atoms with Crippen molar-refractivity contribution < 1.29 is 14.3 Å². The number of benzene rings is 3. The number of fused-ring (bicyclic) bond motifs is 1. The molecule has 0 bridgehead atoms. The van der Waals surface area contributed by atoms with Crippen molar-refractivity contribution in [2.75, 3.05) is 19.0 Å². The van der Waals surface area contributed by atoms with E-state index in [1.54, 1.807) is 30.6 Å². The van der Waals surface area contributed by atoms with Crippen LogP contribution in [0.4, 0.5) is 5.69 Å². The summed E-state index contributed by atoms with van der Waals surface area (Å²) in [4.78, 5) is 17.0. The van der Waals surface area contributed by atoms with Crippen molar-refractivity contribution in [2.45, 2.75) is 0 Å². The lowest BCUT2D eigenvalue weighted by Crippen LogP contribution is -2.20. The van der Waals surface area contributed by atoms with E-state index in [1.165, 1.54) is 0 Å². The SMILES string of the molecule is COc1ccccc1NC(=O)COc1ccccc1-c1nc2ccccc2s1. The molecule has 140 valence electrons. The van der Waals surface area contributed by atoms with Crippen molar-refractivity contribution >= 4 is 33.1 Å². The second-order valence-corrected chi connectivity index (χ2v) is 7.05. The molecule has 0 atom stereocenters. The first-order valence-electron chi connectivity index (χ1n) is 8.75. The third-order valence-electron chi connectivity index (χ3n) is 4.15. The van der Waals surface area contributed by atoms with Crippen molar-refractivity contribution in [3.05, 3.63) is 72.8 Å². The summed E-state index contributed by atoms with van der Waals surface area (Å²) in [5, 5.41) is 3.67. The highest BCUT2D eigenvalue weighted by Gasteiger charge is 2.13. The number of hydrogen-bond donors (Lipinski definition) is 1. The molecule has 0 aliphatic heterocycles. The molecule has 0 radical (unpaired) electrons. The first-order valence-corrected chi connectivity index (χ1v) is 9.57. The summed E-state index contributed by atoms with van der Waals surface area (Å²) in [6.07, 6.45) is 0. The van der Waals surface area contributed by atoms with Gasteiger partial charge < -0.3 is 14.8 Å². The van der Waals surface area contributed by atoms with Gasteiger partial charge in [0.15, 0.2) is 6.61 Å². The Hall–Kier alpha value is -3.38. The van der Waals surface area contributed by atoms with Gasteiger partial charge >= 0.3 is 0 Å². The Kier molecular flexibility index (Phi) is 5.21. The van der Waals surface area contributed by atoms with E-state index in [4.69, 9.17) is 9.47 Å². The van der Waals surface area contributed by atoms with Gasteiger partial charge in [-0.25, -0.2) is 4.98 Å². The molecule has 0 saturated carbocycles. The van der Waals surface area contributed by atoms with Crippen LogP contribution in [-0.2, 0) is 4.79 Å². The Bertz CT molecular complexity index is 1090. The lowest BCUT2D eigenvalue weighted by molar-refractivity contribution is -0.118. The number of carbonyl (C=O) groups is 1. The van der Waals surface area contributed by atoms with Crippen LogP contribution in [0.3, 0.4) is 0 Å². The zero-order valence-corrected chi connectivity index (χ0v) is 16.0. The average molecular weight is 390 g/mol. The Labute approximate surface area is 166 Å². The largest absolute Gasteiger partial charge is 0.495 e. The summed E-state index contributed by atoms with van der Waals surface area (Å²) in [7, 11) is 1.57. The van der Waals surface area contributed by atoms with Crippen molar-refractivity contribution in [3.8, 4) is 22.1 Å². The molecule has 0 spiro atoms. The van der Waals surface area contributed by atoms with E-state index in [0.29, 0.717) is 17.2 Å². The van der Waals surface area contributed by atoms with Gasteiger partial charge in [0.2, 0.25) is 0 Å². The molecule has 0 unspecified atom stereocenters. The lowest BCUT2D eigenvalue weighted by Gasteiger charge is -2.12. The van der Waals surface area contributed by atoms with Crippen molar-refractivity contribution in [2.24, 2.45) is 0 Å². The van der Waals surface area contributed by atoms with E-state index in [0.717, 1.165) is 20.8 Å². The van der Waals surface area contributed by atoms with E-state index in [1.807, 2.05) is 60.7 Å². The lowest BCUT2D eigenvalue weighted by atomic mass is 10.2. The topological polar surface area (TPSA) is 60.5 Å². The molecule has 1 N–H and O–H groups in total. The highest BCUT2D eigenvalue weighted by Crippen LogP contribution is 2.35. The monoisotopic (exact) mass is 390 g/mol. The minimum absolute atomic E-state index is 0.111. The van der Waals surface area contributed by atoms with E-state index in [-0.39, 0.29) is 12.5 Å². The maximum absolute atomic E-state index is 12.3. The highest BCUT2D eigenvalue weighted by molar-refractivity contribution is 7.21. The van der Waals surface area contributed by atoms with Gasteiger partial charge in [-0.1, -0.05) is 36.4 Å². The smallest absolute Gasteiger partial charge is 0.262 e. The number of anilines is 1. The number of nitrogens with zero attached hydrogens (tertiary/aromatic N) is 1. The number of hydrogen-bond acceptors (Lipinski definition) is 5. The predicted molar refractivity (Wildman–Crippen MR) is 112 cm³/mol. The minimum atomic E-state index is -0.261. The summed E-state index contributed by atoms with van der Waals surface area (Å²) in [6.45, 7) is -0.111. The molecular weight excluding hydrogens is 372 g/mol. The van der Waals surface area contributed by atoms with Crippen LogP contribution in [0.1, 0.15) is 0 Å². The summed E-state index contributed by atoms with van der Waals surface area (Å²) in [5.41, 5.74) is 2.43. The number of methoxy groups -OCH3 is 1. The number of nitrogens with one attached hydrogen (secondary N) is 1. The highest BCUT2D eigenvalue weighted by atomic mass is 32.1. The van der Waals surface area contributed by atoms with Crippen LogP contribution in [0.2, 0.25) is 0 Å². The fourth-order valence-corrected chi connectivity index (χ4v) is 3.83. The Balaban J connectivity index is 1.50. The molecule has 0 saturated heterocycles. The van der Waals surface area contributed by atoms with E-state index in [9.17, 15) is 4.79 Å². The molecule has 1 heterocycles. The second-order valence-electron chi connectivity index (χ2n) is 6.02. The van der Waals surface area contributed by atoms with Crippen LogP contribution < -0.4 is 14.8 Å². The molecule has 0 aliphatic rings. The first-order chi connectivity index (χ1) is 13.7. The molecule has 0 aliphatic carbocycles. The van der Waals surface area contributed by atoms with E-state index >= 15 is 0 Å². The fourth-order valence-electron chi connectivity index (χ4n) is 2.83. The van der Waals surface area contributed by atoms with Gasteiger partial charge in [-0.2, -0.15) is 0 Å². The normalized spacial score (nSPS) is 10.6. The molecule has 28 heavy (non-hydrogen) atoms. The molecule has 4 aromatic rings. The summed E-state index contributed by atoms with van der Waals surface area (Å²) >= 11 is 1.60. The molecule has 0 fully saturated rings. The van der Waals surface area contributed by atoms with Crippen LogP contribution in [0.15, 0.2) is 72.8 Å². The molecule has 4 rings (SSSR count). The van der Waals surface area contributed by atoms with Gasteiger partial charge in [-0.05, 0) is 36.4 Å². The number of carbonyl (C=O) groups excluding carboxylic acids is 1. The van der Waals surface area contributed by atoms with Crippen molar-refractivity contribution in [3.63, 3.8) is 0 Å². The predicted octanol–water partition coefficient (Wildman–Crippen LogP) is 4.99. The van der Waals surface area contributed by atoms with Gasteiger partial charge in [0.05, 0.1) is 28.6 Å². The third-order valence-corrected chi connectivity index (χ3v) is 5.22. The number of thiazole rings is 1. The van der Waals surface area contributed by atoms with E-state index < -0.39 is 0 Å². The number of aromatic nitrogens is 1. The van der Waals surface area contributed by atoms with Crippen LogP contribution in [-0.4, -0.2) is 24.6 Å². The van der Waals surface area contributed by atoms with Crippen LogP contribution in [0, 0.1) is 0 Å². The molecule has 6 heteroatoms. The van der Waals surface area contributed by atoms with Gasteiger partial charge in [-0.15, -0.1) is 11.3 Å². The molecule has 5 nitrogen and oxygen atoms in total. The standard InChI is InChI=1S/C22H18N2O3S/c1-26-19-12-6-3-9-16(19)23-21(25)14-27-18-11-5-2-8-15(18)22-24-17-10-4-7-13-20(17)28-22/h2-13H,14H2,1H3,(H,23,25). The molecule has 1 amide bonds. The van der Waals surface area contributed by atoms with Gasteiger partial charge in [0.1, 0.15) is 16.5 Å². The van der Waals surface area contributed by atoms with Gasteiger partial charge in [0, 0.05) is 0 Å². The van der Waals surface area contributed by atoms with Crippen LogP contribution in [0.25, 0.3) is 20.8 Å². The summed E-state index contributed by atoms with van der Waals surface area (Å²) in [5.74, 6) is 0.964. The fraction of sp³-hybridized carbons (Fsp3) is 0.0909. The number of rotatable bonds is 6. The molecule has 1 aromatic heterocycles. The zero-order chi connectivity index (χ0) is 19.3. The van der Waals surface area contributed by atoms with E-state index in [2.05, 4.69) is 10.3 Å². The third kappa shape index (κ3) is 3.82. The Morgan fingerprint density at radius 1 is 0.964 bits per heavy atom. The average Bonchev–Trinajstić information content (AvgIpc) is 3.17. The maximum Gasteiger partial charge on any atom is 0.262 e. The number of para-hydroxylation sites is 4. The van der Waals surface area contributed by atoms with Crippen molar-refractivity contribution in [1.82, 2.24) is 4.98 Å². The van der Waals surface area contributed by atoms with Crippen LogP contribution >= 0.6 is 11.3 Å². The minimum Gasteiger partial charge on any atom is -0.495 e. The van der Waals surface area contributed by atoms with Gasteiger partial charge in [0.25, 0.3) is 5.91 Å². The molecular formula is C22H18N2O3S. The van der Waals surface area contributed by atoms with Crippen molar-refractivity contribution in [1.29, 1.82) is 0 Å². The van der Waals surface area contributed by atoms with Crippen LogP contribution in [0.5, 0.6) is 11.5 Å². The van der Waals surface area contributed by atoms with Gasteiger partial charge in [-0.3, -0.25) is 4.79 Å². The Morgan fingerprint density at radius 2 is 1.68 bits per heavy atom. The second kappa shape index (κ2) is 8.10. The molecule has 3 aromatic carbocycles. The number of ether oxygens (including phenoxy) is 2. The Morgan fingerprint density at radius 3 is 2.50 bits per heavy atom. The zero-order valence-electron chi connectivity index (χ0n) is 15.2. The quantitative estimate of drug-likeness (QED) is 0.504. The maximum atomic E-state index is 12.3. The first kappa shape index (κ1) is 18.0. The number of amides is 1. The summed E-state index contributed by atoms with van der Waals surface area (Å²) < 4.78 is 12.2. The summed E-state index contributed by atoms with van der Waals surface area (Å²) in [6, 6.07) is 22.9.